The summed E-state index contributed by atoms with van der Waals surface area (Å²) in [5.74, 6) is 0.225. The van der Waals surface area contributed by atoms with Gasteiger partial charge in [-0.3, -0.25) is 4.79 Å². The van der Waals surface area contributed by atoms with Crippen LogP contribution >= 0.6 is 11.6 Å². The third kappa shape index (κ3) is 2.04. The Labute approximate surface area is 113 Å². The number of anilines is 1. The number of nitrogen functional groups attached to an aromatic ring is 1. The van der Waals surface area contributed by atoms with Gasteiger partial charge in [0.05, 0.1) is 5.02 Å². The summed E-state index contributed by atoms with van der Waals surface area (Å²) in [4.78, 5) is 23.3. The molecule has 19 heavy (non-hydrogen) atoms. The van der Waals surface area contributed by atoms with Crippen molar-refractivity contribution >= 4 is 34.2 Å². The molecule has 0 atom stereocenters. The van der Waals surface area contributed by atoms with Crippen LogP contribution < -0.4 is 5.73 Å². The SMILES string of the molecule is Nc1ccc(C(=O)c2c[nH]c3ncc(Cl)cc23)cn1. The van der Waals surface area contributed by atoms with Crippen molar-refractivity contribution in [3.05, 3.63) is 52.9 Å². The number of nitrogens with two attached hydrogens (primary N) is 1. The molecular weight excluding hydrogens is 264 g/mol. The average molecular weight is 273 g/mol. The molecule has 0 bridgehead atoms. The highest BCUT2D eigenvalue weighted by atomic mass is 35.5. The number of aromatic amines is 1. The van der Waals surface area contributed by atoms with E-state index in [2.05, 4.69) is 15.0 Å². The lowest BCUT2D eigenvalue weighted by atomic mass is 10.1. The highest BCUT2D eigenvalue weighted by Gasteiger charge is 2.15. The van der Waals surface area contributed by atoms with E-state index in [-0.39, 0.29) is 5.78 Å². The van der Waals surface area contributed by atoms with Gasteiger partial charge in [0.2, 0.25) is 0 Å². The van der Waals surface area contributed by atoms with Gasteiger partial charge < -0.3 is 10.7 Å². The van der Waals surface area contributed by atoms with Crippen LogP contribution in [0.25, 0.3) is 11.0 Å². The van der Waals surface area contributed by atoms with E-state index in [1.807, 2.05) is 0 Å². The van der Waals surface area contributed by atoms with E-state index >= 15 is 0 Å². The Morgan fingerprint density at radius 1 is 1.26 bits per heavy atom. The number of ketones is 1. The Balaban J connectivity index is 2.11. The molecule has 94 valence electrons. The van der Waals surface area contributed by atoms with Crippen LogP contribution in [0.3, 0.4) is 0 Å². The number of H-pyrrole nitrogens is 1. The smallest absolute Gasteiger partial charge is 0.196 e. The molecule has 0 fully saturated rings. The van der Waals surface area contributed by atoms with E-state index in [0.29, 0.717) is 33.0 Å². The Morgan fingerprint density at radius 3 is 2.84 bits per heavy atom. The van der Waals surface area contributed by atoms with E-state index in [4.69, 9.17) is 17.3 Å². The number of halogens is 1. The summed E-state index contributed by atoms with van der Waals surface area (Å²) in [5, 5.41) is 1.17. The van der Waals surface area contributed by atoms with Crippen molar-refractivity contribution in [2.75, 3.05) is 5.73 Å². The zero-order valence-corrected chi connectivity index (χ0v) is 10.5. The number of hydrogen-bond acceptors (Lipinski definition) is 4. The number of aromatic nitrogens is 3. The molecule has 3 heterocycles. The van der Waals surface area contributed by atoms with Crippen LogP contribution in [0.4, 0.5) is 5.82 Å². The van der Waals surface area contributed by atoms with Gasteiger partial charge in [-0.15, -0.1) is 0 Å². The van der Waals surface area contributed by atoms with Crippen molar-refractivity contribution in [1.29, 1.82) is 0 Å². The van der Waals surface area contributed by atoms with Gasteiger partial charge in [-0.05, 0) is 18.2 Å². The summed E-state index contributed by atoms with van der Waals surface area (Å²) in [7, 11) is 0. The summed E-state index contributed by atoms with van der Waals surface area (Å²) >= 11 is 5.90. The Kier molecular flexibility index (Phi) is 2.68. The second-order valence-corrected chi connectivity index (χ2v) is 4.49. The number of pyridine rings is 2. The standard InChI is InChI=1S/C13H9ClN4O/c14-8-3-9-10(6-18-13(9)17-5-8)12(19)7-1-2-11(15)16-4-7/h1-6H,(H2,15,16)(H,17,18). The lowest BCUT2D eigenvalue weighted by Gasteiger charge is -2.00. The van der Waals surface area contributed by atoms with E-state index in [1.165, 1.54) is 12.4 Å². The van der Waals surface area contributed by atoms with Gasteiger partial charge in [0.1, 0.15) is 11.5 Å². The Hall–Kier alpha value is -2.40. The lowest BCUT2D eigenvalue weighted by molar-refractivity contribution is 0.104. The quantitative estimate of drug-likeness (QED) is 0.702. The maximum absolute atomic E-state index is 12.4. The van der Waals surface area contributed by atoms with Crippen molar-refractivity contribution in [3.8, 4) is 0 Å². The first kappa shape index (κ1) is 11.7. The Bertz CT molecular complexity index is 764. The first-order valence-electron chi connectivity index (χ1n) is 5.54. The minimum atomic E-state index is -0.150. The Morgan fingerprint density at radius 2 is 2.11 bits per heavy atom. The van der Waals surface area contributed by atoms with Gasteiger partial charge in [-0.2, -0.15) is 0 Å². The van der Waals surface area contributed by atoms with Crippen LogP contribution in [-0.2, 0) is 0 Å². The first-order valence-corrected chi connectivity index (χ1v) is 5.92. The highest BCUT2D eigenvalue weighted by Crippen LogP contribution is 2.22. The van der Waals surface area contributed by atoms with Crippen LogP contribution in [-0.4, -0.2) is 20.7 Å². The summed E-state index contributed by atoms with van der Waals surface area (Å²) in [6.45, 7) is 0. The average Bonchev–Trinajstić information content (AvgIpc) is 2.81. The van der Waals surface area contributed by atoms with Gasteiger partial charge in [0.25, 0.3) is 0 Å². The van der Waals surface area contributed by atoms with Gasteiger partial charge >= 0.3 is 0 Å². The third-order valence-corrected chi connectivity index (χ3v) is 3.00. The molecule has 0 aromatic carbocycles. The zero-order chi connectivity index (χ0) is 13.4. The summed E-state index contributed by atoms with van der Waals surface area (Å²) < 4.78 is 0. The second-order valence-electron chi connectivity index (χ2n) is 4.05. The molecule has 0 aliphatic rings. The van der Waals surface area contributed by atoms with Gasteiger partial charge in [0, 0.05) is 35.1 Å². The number of nitrogens with one attached hydrogen (secondary N) is 1. The zero-order valence-electron chi connectivity index (χ0n) is 9.72. The van der Waals surface area contributed by atoms with Gasteiger partial charge in [-0.1, -0.05) is 11.6 Å². The number of nitrogens with zero attached hydrogens (tertiary/aromatic N) is 2. The highest BCUT2D eigenvalue weighted by molar-refractivity contribution is 6.31. The summed E-state index contributed by atoms with van der Waals surface area (Å²) in [6.07, 6.45) is 4.60. The van der Waals surface area contributed by atoms with Crippen LogP contribution in [0.15, 0.2) is 36.8 Å². The predicted molar refractivity (Wildman–Crippen MR) is 73.2 cm³/mol. The molecule has 0 saturated carbocycles. The number of fused-ring (bicyclic) bond motifs is 1. The third-order valence-electron chi connectivity index (χ3n) is 2.79. The molecule has 6 heteroatoms. The molecule has 0 saturated heterocycles. The summed E-state index contributed by atoms with van der Waals surface area (Å²) in [6, 6.07) is 4.94. The molecule has 0 radical (unpaired) electrons. The number of carbonyl (C=O) groups excluding carboxylic acids is 1. The van der Waals surface area contributed by atoms with Gasteiger partial charge in [-0.25, -0.2) is 9.97 Å². The predicted octanol–water partition coefficient (Wildman–Crippen LogP) is 2.42. The minimum absolute atomic E-state index is 0.150. The van der Waals surface area contributed by atoms with Crippen molar-refractivity contribution in [3.63, 3.8) is 0 Å². The fourth-order valence-corrected chi connectivity index (χ4v) is 2.02. The van der Waals surface area contributed by atoms with Crippen LogP contribution in [0.2, 0.25) is 5.02 Å². The summed E-state index contributed by atoms with van der Waals surface area (Å²) in [5.41, 5.74) is 7.10. The monoisotopic (exact) mass is 272 g/mol. The first-order chi connectivity index (χ1) is 9.15. The van der Waals surface area contributed by atoms with Gasteiger partial charge in [0.15, 0.2) is 5.78 Å². The molecule has 0 aliphatic carbocycles. The normalized spacial score (nSPS) is 10.8. The maximum atomic E-state index is 12.4. The van der Waals surface area contributed by atoms with Crippen LogP contribution in [0, 0.1) is 0 Å². The molecule has 0 aliphatic heterocycles. The van der Waals surface area contributed by atoms with Crippen molar-refractivity contribution in [2.45, 2.75) is 0 Å². The molecule has 3 aromatic heterocycles. The van der Waals surface area contributed by atoms with Crippen LogP contribution in [0.1, 0.15) is 15.9 Å². The molecule has 3 rings (SSSR count). The van der Waals surface area contributed by atoms with E-state index in [0.717, 1.165) is 0 Å². The topological polar surface area (TPSA) is 84.7 Å². The number of rotatable bonds is 2. The number of carbonyl (C=O) groups is 1. The molecule has 5 nitrogen and oxygen atoms in total. The molecular formula is C13H9ClN4O. The molecule has 0 unspecified atom stereocenters. The largest absolute Gasteiger partial charge is 0.384 e. The van der Waals surface area contributed by atoms with Crippen molar-refractivity contribution < 1.29 is 4.79 Å². The van der Waals surface area contributed by atoms with E-state index in [9.17, 15) is 4.79 Å². The fraction of sp³-hybridized carbons (Fsp3) is 0. The van der Waals surface area contributed by atoms with Crippen LogP contribution in [0.5, 0.6) is 0 Å². The van der Waals surface area contributed by atoms with E-state index < -0.39 is 0 Å². The molecule has 3 N–H and O–H groups in total. The van der Waals surface area contributed by atoms with Crippen molar-refractivity contribution in [1.82, 2.24) is 15.0 Å². The van der Waals surface area contributed by atoms with Crippen molar-refractivity contribution in [2.24, 2.45) is 0 Å². The fourth-order valence-electron chi connectivity index (χ4n) is 1.86. The molecule has 3 aromatic rings. The second kappa shape index (κ2) is 4.37. The maximum Gasteiger partial charge on any atom is 0.196 e. The number of hydrogen-bond donors (Lipinski definition) is 2. The molecule has 0 spiro atoms. The lowest BCUT2D eigenvalue weighted by Crippen LogP contribution is -2.02. The molecule has 0 amide bonds. The van der Waals surface area contributed by atoms with E-state index in [1.54, 1.807) is 24.4 Å². The minimum Gasteiger partial charge on any atom is -0.384 e.